The largest absolute Gasteiger partial charge is 0.368 e. The maximum absolute atomic E-state index is 11.8. The van der Waals surface area contributed by atoms with Crippen LogP contribution in [0.25, 0.3) is 0 Å². The fraction of sp³-hybridized carbons (Fsp3) is 0.800. The molecule has 0 spiro atoms. The molecule has 5 nitrogen and oxygen atoms in total. The molecule has 2 atom stereocenters. The van der Waals surface area contributed by atoms with Crippen LogP contribution in [-0.4, -0.2) is 42.4 Å². The first-order valence-corrected chi connectivity index (χ1v) is 5.30. The van der Waals surface area contributed by atoms with E-state index in [1.807, 2.05) is 0 Å². The van der Waals surface area contributed by atoms with Gasteiger partial charge in [-0.3, -0.25) is 9.59 Å². The number of carbonyl (C=O) groups is 2. The third-order valence-electron chi connectivity index (χ3n) is 2.68. The van der Waals surface area contributed by atoms with E-state index in [0.29, 0.717) is 6.04 Å². The second-order valence-electron chi connectivity index (χ2n) is 4.21. The van der Waals surface area contributed by atoms with Crippen molar-refractivity contribution >= 4 is 11.8 Å². The number of hydrogen-bond donors (Lipinski definition) is 2. The van der Waals surface area contributed by atoms with Gasteiger partial charge in [0, 0.05) is 13.1 Å². The lowest BCUT2D eigenvalue weighted by Crippen LogP contribution is -2.51. The summed E-state index contributed by atoms with van der Waals surface area (Å²) in [6.45, 7) is 2.05. The lowest BCUT2D eigenvalue weighted by molar-refractivity contribution is -0.136. The normalized spacial score (nSPS) is 26.0. The third-order valence-corrected chi connectivity index (χ3v) is 2.68. The molecule has 0 aromatic carbocycles. The molecule has 0 radical (unpaired) electrons. The van der Waals surface area contributed by atoms with Crippen molar-refractivity contribution < 1.29 is 9.59 Å². The van der Waals surface area contributed by atoms with Crippen LogP contribution in [-0.2, 0) is 9.59 Å². The van der Waals surface area contributed by atoms with Gasteiger partial charge in [-0.2, -0.15) is 0 Å². The van der Waals surface area contributed by atoms with Gasteiger partial charge in [-0.1, -0.05) is 0 Å². The van der Waals surface area contributed by atoms with Gasteiger partial charge in [0.2, 0.25) is 11.8 Å². The lowest BCUT2D eigenvalue weighted by atomic mass is 9.99. The van der Waals surface area contributed by atoms with Crippen molar-refractivity contribution in [3.05, 3.63) is 0 Å². The van der Waals surface area contributed by atoms with Crippen molar-refractivity contribution in [2.75, 3.05) is 13.6 Å². The molecule has 0 aliphatic carbocycles. The van der Waals surface area contributed by atoms with Gasteiger partial charge in [-0.25, -0.2) is 0 Å². The Bertz CT molecular complexity index is 255. The number of primary amides is 1. The molecule has 1 aliphatic heterocycles. The van der Waals surface area contributed by atoms with Crippen molar-refractivity contribution in [1.29, 1.82) is 0 Å². The van der Waals surface area contributed by atoms with Crippen LogP contribution in [0.3, 0.4) is 0 Å². The van der Waals surface area contributed by atoms with Crippen LogP contribution in [0.4, 0.5) is 0 Å². The highest BCUT2D eigenvalue weighted by Crippen LogP contribution is 2.13. The number of likely N-dealkylation sites (N-methyl/N-ethyl adjacent to an activating group) is 1. The van der Waals surface area contributed by atoms with Gasteiger partial charge >= 0.3 is 0 Å². The molecule has 0 aromatic rings. The minimum Gasteiger partial charge on any atom is -0.368 e. The molecule has 3 N–H and O–H groups in total. The predicted octanol–water partition coefficient (Wildman–Crippen LogP) is -0.539. The fourth-order valence-electron chi connectivity index (χ4n) is 1.91. The van der Waals surface area contributed by atoms with Crippen molar-refractivity contribution in [1.82, 2.24) is 10.2 Å². The molecule has 0 bridgehead atoms. The Morgan fingerprint density at radius 1 is 1.47 bits per heavy atom. The Morgan fingerprint density at radius 2 is 2.13 bits per heavy atom. The van der Waals surface area contributed by atoms with Crippen LogP contribution in [0.5, 0.6) is 0 Å². The first-order valence-electron chi connectivity index (χ1n) is 5.30. The zero-order chi connectivity index (χ0) is 11.4. The van der Waals surface area contributed by atoms with Gasteiger partial charge in [-0.05, 0) is 26.2 Å². The van der Waals surface area contributed by atoms with E-state index in [9.17, 15) is 9.59 Å². The van der Waals surface area contributed by atoms with E-state index in [-0.39, 0.29) is 18.5 Å². The van der Waals surface area contributed by atoms with E-state index in [1.165, 1.54) is 4.90 Å². The molecule has 0 saturated carbocycles. The predicted molar refractivity (Wildman–Crippen MR) is 57.1 cm³/mol. The van der Waals surface area contributed by atoms with E-state index in [1.54, 1.807) is 7.05 Å². The molecule has 1 saturated heterocycles. The number of nitrogens with zero attached hydrogens (tertiary/aromatic N) is 1. The number of carbonyl (C=O) groups excluding carboxylic acids is 2. The Hall–Kier alpha value is -1.10. The number of nitrogens with one attached hydrogen (secondary N) is 1. The summed E-state index contributed by atoms with van der Waals surface area (Å²) in [7, 11) is 1.61. The third kappa shape index (κ3) is 3.51. The summed E-state index contributed by atoms with van der Waals surface area (Å²) in [5.74, 6) is -0.518. The summed E-state index contributed by atoms with van der Waals surface area (Å²) in [6.07, 6.45) is 2.99. The quantitative estimate of drug-likeness (QED) is 0.661. The number of nitrogens with two attached hydrogens (primary N) is 1. The zero-order valence-corrected chi connectivity index (χ0v) is 9.32. The summed E-state index contributed by atoms with van der Waals surface area (Å²) in [6, 6.07) is 0.216. The van der Waals surface area contributed by atoms with E-state index in [2.05, 4.69) is 12.2 Å². The summed E-state index contributed by atoms with van der Waals surface area (Å²) in [5, 5.41) is 3.23. The van der Waals surface area contributed by atoms with Gasteiger partial charge in [0.25, 0.3) is 0 Å². The molecular formula is C10H19N3O2. The average molecular weight is 213 g/mol. The van der Waals surface area contributed by atoms with Crippen LogP contribution in [0.2, 0.25) is 0 Å². The highest BCUT2D eigenvalue weighted by Gasteiger charge is 2.26. The minimum atomic E-state index is -0.477. The van der Waals surface area contributed by atoms with Gasteiger partial charge < -0.3 is 16.0 Å². The molecule has 2 amide bonds. The van der Waals surface area contributed by atoms with Crippen LogP contribution in [0.1, 0.15) is 26.2 Å². The molecule has 1 fully saturated rings. The summed E-state index contributed by atoms with van der Waals surface area (Å²) in [4.78, 5) is 23.9. The maximum atomic E-state index is 11.8. The first kappa shape index (κ1) is 12.0. The van der Waals surface area contributed by atoms with Crippen molar-refractivity contribution in [3.8, 4) is 0 Å². The Morgan fingerprint density at radius 3 is 2.67 bits per heavy atom. The van der Waals surface area contributed by atoms with Crippen molar-refractivity contribution in [2.45, 2.75) is 38.3 Å². The van der Waals surface area contributed by atoms with E-state index in [0.717, 1.165) is 19.3 Å². The zero-order valence-electron chi connectivity index (χ0n) is 9.32. The first-order chi connectivity index (χ1) is 7.00. The Kier molecular flexibility index (Phi) is 4.08. The monoisotopic (exact) mass is 213 g/mol. The summed E-state index contributed by atoms with van der Waals surface area (Å²) in [5.41, 5.74) is 5.03. The number of hydrogen-bond acceptors (Lipinski definition) is 3. The highest BCUT2D eigenvalue weighted by molar-refractivity contribution is 5.86. The second kappa shape index (κ2) is 5.11. The van der Waals surface area contributed by atoms with Crippen LogP contribution < -0.4 is 11.1 Å². The molecular weight excluding hydrogens is 194 g/mol. The molecule has 15 heavy (non-hydrogen) atoms. The number of amides is 2. The summed E-state index contributed by atoms with van der Waals surface area (Å²) >= 11 is 0. The van der Waals surface area contributed by atoms with E-state index < -0.39 is 5.91 Å². The van der Waals surface area contributed by atoms with Crippen LogP contribution in [0, 0.1) is 0 Å². The molecule has 0 aromatic heterocycles. The standard InChI is InChI=1S/C10H19N3O2/c1-7-4-3-5-8(12-7)10(15)13(2)6-9(11)14/h7-8,12H,3-6H2,1-2H3,(H2,11,14). The molecule has 1 heterocycles. The van der Waals surface area contributed by atoms with Crippen LogP contribution in [0.15, 0.2) is 0 Å². The van der Waals surface area contributed by atoms with Crippen molar-refractivity contribution in [3.63, 3.8) is 0 Å². The SMILES string of the molecule is CC1CCCC(C(=O)N(C)CC(N)=O)N1. The maximum Gasteiger partial charge on any atom is 0.239 e. The Balaban J connectivity index is 2.47. The topological polar surface area (TPSA) is 75.4 Å². The molecule has 1 aliphatic rings. The highest BCUT2D eigenvalue weighted by atomic mass is 16.2. The molecule has 86 valence electrons. The number of rotatable bonds is 3. The molecule has 5 heteroatoms. The van der Waals surface area contributed by atoms with E-state index >= 15 is 0 Å². The smallest absolute Gasteiger partial charge is 0.239 e. The fourth-order valence-corrected chi connectivity index (χ4v) is 1.91. The number of piperidine rings is 1. The average Bonchev–Trinajstić information content (AvgIpc) is 2.15. The summed E-state index contributed by atoms with van der Waals surface area (Å²) < 4.78 is 0. The van der Waals surface area contributed by atoms with Gasteiger partial charge in [0.1, 0.15) is 0 Å². The minimum absolute atomic E-state index is 0.00854. The Labute approximate surface area is 90.0 Å². The second-order valence-corrected chi connectivity index (χ2v) is 4.21. The molecule has 1 rings (SSSR count). The van der Waals surface area contributed by atoms with Crippen LogP contribution >= 0.6 is 0 Å². The van der Waals surface area contributed by atoms with Gasteiger partial charge in [0.15, 0.2) is 0 Å². The van der Waals surface area contributed by atoms with Crippen molar-refractivity contribution in [2.24, 2.45) is 5.73 Å². The lowest BCUT2D eigenvalue weighted by Gasteiger charge is -2.30. The molecule has 2 unspecified atom stereocenters. The van der Waals surface area contributed by atoms with E-state index in [4.69, 9.17) is 5.73 Å². The van der Waals surface area contributed by atoms with Gasteiger partial charge in [-0.15, -0.1) is 0 Å². The van der Waals surface area contributed by atoms with Gasteiger partial charge in [0.05, 0.1) is 12.6 Å².